The van der Waals surface area contributed by atoms with Gasteiger partial charge in [0.25, 0.3) is 5.91 Å². The van der Waals surface area contributed by atoms with Crippen molar-refractivity contribution in [2.24, 2.45) is 11.8 Å². The van der Waals surface area contributed by atoms with Gasteiger partial charge in [-0.05, 0) is 43.2 Å². The molecule has 0 bridgehead atoms. The number of nitrogens with one attached hydrogen (secondary N) is 2. The van der Waals surface area contributed by atoms with E-state index in [9.17, 15) is 14.4 Å². The van der Waals surface area contributed by atoms with Crippen molar-refractivity contribution in [1.29, 1.82) is 0 Å². The van der Waals surface area contributed by atoms with Crippen molar-refractivity contribution >= 4 is 23.5 Å². The molecule has 6 heteroatoms. The maximum atomic E-state index is 12.2. The highest BCUT2D eigenvalue weighted by Crippen LogP contribution is 2.39. The summed E-state index contributed by atoms with van der Waals surface area (Å²) in [7, 11) is 0. The monoisotopic (exact) mass is 352 g/mol. The summed E-state index contributed by atoms with van der Waals surface area (Å²) in [6, 6.07) is 15.8. The summed E-state index contributed by atoms with van der Waals surface area (Å²) in [5.41, 5.74) is 2.02. The zero-order valence-corrected chi connectivity index (χ0v) is 14.3. The van der Waals surface area contributed by atoms with Crippen LogP contribution in [0.1, 0.15) is 35.3 Å². The number of carbonyl (C=O) groups is 3. The molecule has 0 heterocycles. The Bertz CT molecular complexity index is 835. The average Bonchev–Trinajstić information content (AvgIpc) is 3.44. The Balaban J connectivity index is 1.62. The molecule has 1 aliphatic rings. The van der Waals surface area contributed by atoms with Crippen molar-refractivity contribution < 1.29 is 19.5 Å². The van der Waals surface area contributed by atoms with E-state index in [0.717, 1.165) is 5.56 Å². The van der Waals surface area contributed by atoms with E-state index in [1.165, 1.54) is 0 Å². The third kappa shape index (κ3) is 4.08. The second-order valence-corrected chi connectivity index (χ2v) is 6.46. The van der Waals surface area contributed by atoms with Crippen LogP contribution in [0.15, 0.2) is 54.6 Å². The van der Waals surface area contributed by atoms with Gasteiger partial charge in [0.2, 0.25) is 5.91 Å². The van der Waals surface area contributed by atoms with Gasteiger partial charge < -0.3 is 15.7 Å². The first kappa shape index (κ1) is 17.7. The highest BCUT2D eigenvalue weighted by atomic mass is 16.4. The van der Waals surface area contributed by atoms with Crippen molar-refractivity contribution in [3.05, 3.63) is 65.7 Å². The molecular formula is C20H20N2O4. The number of carboxylic acids is 1. The van der Waals surface area contributed by atoms with Gasteiger partial charge in [0, 0.05) is 11.3 Å². The molecule has 2 aromatic rings. The Hall–Kier alpha value is -3.15. The maximum Gasteiger partial charge on any atom is 0.307 e. The molecule has 1 fully saturated rings. The largest absolute Gasteiger partial charge is 0.481 e. The Morgan fingerprint density at radius 3 is 2.42 bits per heavy atom. The molecule has 0 aromatic heterocycles. The van der Waals surface area contributed by atoms with Gasteiger partial charge in [0.1, 0.15) is 0 Å². The molecule has 3 N–H and O–H groups in total. The van der Waals surface area contributed by atoms with E-state index < -0.39 is 17.8 Å². The third-order valence-corrected chi connectivity index (χ3v) is 4.48. The summed E-state index contributed by atoms with van der Waals surface area (Å²) in [5, 5.41) is 14.6. The maximum absolute atomic E-state index is 12.2. The molecule has 0 spiro atoms. The van der Waals surface area contributed by atoms with Crippen molar-refractivity contribution in [3.8, 4) is 0 Å². The molecule has 0 saturated heterocycles. The number of anilines is 1. The fourth-order valence-electron chi connectivity index (χ4n) is 2.84. The number of carbonyl (C=O) groups excluding carboxylic acids is 2. The van der Waals surface area contributed by atoms with Gasteiger partial charge in [-0.15, -0.1) is 0 Å². The van der Waals surface area contributed by atoms with Crippen LogP contribution >= 0.6 is 0 Å². The molecule has 0 aliphatic heterocycles. The number of hydrogen-bond acceptors (Lipinski definition) is 3. The highest BCUT2D eigenvalue weighted by Gasteiger charge is 2.48. The quantitative estimate of drug-likeness (QED) is 0.745. The third-order valence-electron chi connectivity index (χ3n) is 4.48. The summed E-state index contributed by atoms with van der Waals surface area (Å²) in [6.07, 6.45) is 0.390. The average molecular weight is 352 g/mol. The minimum absolute atomic E-state index is 0.207. The van der Waals surface area contributed by atoms with E-state index >= 15 is 0 Å². The lowest BCUT2D eigenvalue weighted by Gasteiger charge is -2.15. The summed E-state index contributed by atoms with van der Waals surface area (Å²) < 4.78 is 0. The fraction of sp³-hybridized carbons (Fsp3) is 0.250. The SMILES string of the molecule is CC(NC(=O)C1CC1C(=O)O)c1cccc(NC(=O)c2ccccc2)c1. The van der Waals surface area contributed by atoms with Crippen molar-refractivity contribution in [2.75, 3.05) is 5.32 Å². The highest BCUT2D eigenvalue weighted by molar-refractivity contribution is 6.04. The summed E-state index contributed by atoms with van der Waals surface area (Å²) in [6.45, 7) is 1.83. The first-order chi connectivity index (χ1) is 12.5. The Labute approximate surface area is 151 Å². The van der Waals surface area contributed by atoms with Crippen LogP contribution in [0, 0.1) is 11.8 Å². The molecule has 3 unspecified atom stereocenters. The molecule has 2 amide bonds. The van der Waals surface area contributed by atoms with Crippen molar-refractivity contribution in [3.63, 3.8) is 0 Å². The summed E-state index contributed by atoms with van der Waals surface area (Å²) >= 11 is 0. The summed E-state index contributed by atoms with van der Waals surface area (Å²) in [4.78, 5) is 35.2. The van der Waals surface area contributed by atoms with E-state index in [1.807, 2.05) is 19.1 Å². The Morgan fingerprint density at radius 1 is 1.04 bits per heavy atom. The van der Waals surface area contributed by atoms with Gasteiger partial charge in [0.15, 0.2) is 0 Å². The first-order valence-electron chi connectivity index (χ1n) is 8.45. The van der Waals surface area contributed by atoms with E-state index in [2.05, 4.69) is 10.6 Å². The van der Waals surface area contributed by atoms with Crippen LogP contribution in [0.2, 0.25) is 0 Å². The number of rotatable bonds is 6. The number of benzene rings is 2. The van der Waals surface area contributed by atoms with Gasteiger partial charge in [-0.25, -0.2) is 0 Å². The molecule has 3 atom stereocenters. The van der Waals surface area contributed by atoms with Gasteiger partial charge in [-0.3, -0.25) is 14.4 Å². The molecular weight excluding hydrogens is 332 g/mol. The van der Waals surface area contributed by atoms with Gasteiger partial charge in [0.05, 0.1) is 17.9 Å². The van der Waals surface area contributed by atoms with Crippen LogP contribution in [0.5, 0.6) is 0 Å². The molecule has 1 saturated carbocycles. The second-order valence-electron chi connectivity index (χ2n) is 6.46. The van der Waals surface area contributed by atoms with Crippen molar-refractivity contribution in [2.45, 2.75) is 19.4 Å². The lowest BCUT2D eigenvalue weighted by atomic mass is 10.1. The van der Waals surface area contributed by atoms with Gasteiger partial charge >= 0.3 is 5.97 Å². The van der Waals surface area contributed by atoms with E-state index in [1.54, 1.807) is 42.5 Å². The number of aliphatic carboxylic acids is 1. The molecule has 0 radical (unpaired) electrons. The van der Waals surface area contributed by atoms with E-state index in [4.69, 9.17) is 5.11 Å². The molecule has 2 aromatic carbocycles. The lowest BCUT2D eigenvalue weighted by molar-refractivity contribution is -0.140. The van der Waals surface area contributed by atoms with Gasteiger partial charge in [-0.2, -0.15) is 0 Å². The predicted octanol–water partition coefficient (Wildman–Crippen LogP) is 2.84. The zero-order valence-electron chi connectivity index (χ0n) is 14.3. The lowest BCUT2D eigenvalue weighted by Crippen LogP contribution is -2.29. The Morgan fingerprint density at radius 2 is 1.77 bits per heavy atom. The fourth-order valence-corrected chi connectivity index (χ4v) is 2.84. The van der Waals surface area contributed by atoms with Crippen LogP contribution in [0.4, 0.5) is 5.69 Å². The zero-order chi connectivity index (χ0) is 18.7. The molecule has 1 aliphatic carbocycles. The van der Waals surface area contributed by atoms with Crippen LogP contribution in [0.3, 0.4) is 0 Å². The van der Waals surface area contributed by atoms with E-state index in [0.29, 0.717) is 17.7 Å². The number of carboxylic acid groups (broad SMARTS) is 1. The minimum atomic E-state index is -0.927. The van der Waals surface area contributed by atoms with Crippen LogP contribution < -0.4 is 10.6 Å². The normalized spacial score (nSPS) is 19.3. The summed E-state index contributed by atoms with van der Waals surface area (Å²) in [5.74, 6) is -2.40. The molecule has 3 rings (SSSR count). The predicted molar refractivity (Wildman–Crippen MR) is 96.6 cm³/mol. The number of amides is 2. The molecule has 6 nitrogen and oxygen atoms in total. The van der Waals surface area contributed by atoms with Gasteiger partial charge in [-0.1, -0.05) is 30.3 Å². The topological polar surface area (TPSA) is 95.5 Å². The van der Waals surface area contributed by atoms with Crippen LogP contribution in [-0.4, -0.2) is 22.9 Å². The van der Waals surface area contributed by atoms with Crippen LogP contribution in [0.25, 0.3) is 0 Å². The first-order valence-corrected chi connectivity index (χ1v) is 8.45. The van der Waals surface area contributed by atoms with E-state index in [-0.39, 0.29) is 17.9 Å². The Kier molecular flexibility index (Phi) is 5.02. The number of hydrogen-bond donors (Lipinski definition) is 3. The smallest absolute Gasteiger partial charge is 0.307 e. The minimum Gasteiger partial charge on any atom is -0.481 e. The molecule has 26 heavy (non-hydrogen) atoms. The van der Waals surface area contributed by atoms with Crippen molar-refractivity contribution in [1.82, 2.24) is 5.32 Å². The van der Waals surface area contributed by atoms with Crippen LogP contribution in [-0.2, 0) is 9.59 Å². The standard InChI is InChI=1S/C20H20N2O4/c1-12(21-19(24)16-11-17(16)20(25)26)14-8-5-9-15(10-14)22-18(23)13-6-3-2-4-7-13/h2-10,12,16-17H,11H2,1H3,(H,21,24)(H,22,23)(H,25,26). The second kappa shape index (κ2) is 7.39. The molecule has 134 valence electrons.